The summed E-state index contributed by atoms with van der Waals surface area (Å²) in [7, 11) is 0. The first-order valence-corrected chi connectivity index (χ1v) is 5.13. The average Bonchev–Trinajstić information content (AvgIpc) is 2.25. The molecule has 0 heterocycles. The van der Waals surface area contributed by atoms with Crippen LogP contribution in [-0.2, 0) is 0 Å². The molecule has 0 bridgehead atoms. The molecule has 0 amide bonds. The third-order valence-corrected chi connectivity index (χ3v) is 1.45. The first kappa shape index (κ1) is 16.1. The zero-order valence-corrected chi connectivity index (χ0v) is 9.95. The molecule has 0 atom stereocenters. The van der Waals surface area contributed by atoms with Gasteiger partial charge in [-0.1, -0.05) is 49.1 Å². The monoisotopic (exact) mass is 205 g/mol. The molecular weight excluding hydrogens is 182 g/mol. The van der Waals surface area contributed by atoms with Crippen LogP contribution in [0.3, 0.4) is 0 Å². The van der Waals surface area contributed by atoms with Crippen LogP contribution in [0.15, 0.2) is 61.3 Å². The van der Waals surface area contributed by atoms with Gasteiger partial charge in [-0.2, -0.15) is 0 Å². The summed E-state index contributed by atoms with van der Waals surface area (Å²) in [6.45, 7) is 11.5. The van der Waals surface area contributed by atoms with Crippen molar-refractivity contribution in [2.45, 2.75) is 20.3 Å². The van der Waals surface area contributed by atoms with E-state index in [9.17, 15) is 0 Å². The Labute approximate surface area is 94.4 Å². The largest absolute Gasteiger partial charge is 0.326 e. The third-order valence-electron chi connectivity index (χ3n) is 1.45. The lowest BCUT2D eigenvalue weighted by Gasteiger charge is -1.90. The molecule has 0 spiro atoms. The van der Waals surface area contributed by atoms with Crippen molar-refractivity contribution in [1.82, 2.24) is 0 Å². The van der Waals surface area contributed by atoms with Crippen LogP contribution in [0.25, 0.3) is 0 Å². The van der Waals surface area contributed by atoms with E-state index in [1.54, 1.807) is 12.2 Å². The molecule has 0 saturated carbocycles. The van der Waals surface area contributed by atoms with Gasteiger partial charge in [-0.05, 0) is 25.8 Å². The summed E-state index contributed by atoms with van der Waals surface area (Å²) in [4.78, 5) is 0. The normalized spacial score (nSPS) is 11.3. The van der Waals surface area contributed by atoms with Gasteiger partial charge in [0.25, 0.3) is 0 Å². The van der Waals surface area contributed by atoms with E-state index in [1.807, 2.05) is 32.1 Å². The highest BCUT2D eigenvalue weighted by atomic mass is 14.5. The van der Waals surface area contributed by atoms with E-state index < -0.39 is 0 Å². The van der Waals surface area contributed by atoms with Crippen molar-refractivity contribution >= 4 is 0 Å². The Morgan fingerprint density at radius 2 is 1.80 bits per heavy atom. The van der Waals surface area contributed by atoms with E-state index in [0.717, 1.165) is 12.0 Å². The maximum Gasteiger partial charge on any atom is 0.0177 e. The number of hydrogen-bond donors (Lipinski definition) is 1. The summed E-state index contributed by atoms with van der Waals surface area (Å²) in [5.74, 6) is 0. The van der Waals surface area contributed by atoms with Crippen LogP contribution in [0.1, 0.15) is 20.3 Å². The molecule has 1 nitrogen and oxygen atoms in total. The fourth-order valence-electron chi connectivity index (χ4n) is 0.704. The second kappa shape index (κ2) is 15.1. The van der Waals surface area contributed by atoms with Crippen LogP contribution in [0.4, 0.5) is 0 Å². The number of nitrogens with two attached hydrogens (primary N) is 1. The predicted molar refractivity (Wildman–Crippen MR) is 71.8 cm³/mol. The van der Waals surface area contributed by atoms with Gasteiger partial charge in [0.15, 0.2) is 0 Å². The fourth-order valence-corrected chi connectivity index (χ4v) is 0.704. The van der Waals surface area contributed by atoms with Gasteiger partial charge in [-0.3, -0.25) is 0 Å². The quantitative estimate of drug-likeness (QED) is 0.536. The standard InChI is InChI=1S/C11H17N.C3H6/c1-3-5-6-7-8-9-11(4-2)10-12;1-3-2/h3-5,7-9H,2,6,10,12H2,1H3;3H,1H2,2H3/b5-3+,8-7+,11-9+;. The lowest BCUT2D eigenvalue weighted by atomic mass is 10.2. The summed E-state index contributed by atoms with van der Waals surface area (Å²) in [6.07, 6.45) is 14.7. The maximum absolute atomic E-state index is 5.44. The van der Waals surface area contributed by atoms with Gasteiger partial charge in [-0.25, -0.2) is 0 Å². The molecule has 0 aliphatic carbocycles. The molecule has 0 saturated heterocycles. The average molecular weight is 205 g/mol. The van der Waals surface area contributed by atoms with Crippen molar-refractivity contribution in [2.24, 2.45) is 5.73 Å². The second-order valence-corrected chi connectivity index (χ2v) is 2.79. The van der Waals surface area contributed by atoms with Gasteiger partial charge in [0, 0.05) is 6.54 Å². The zero-order valence-electron chi connectivity index (χ0n) is 9.95. The van der Waals surface area contributed by atoms with Crippen LogP contribution in [0.5, 0.6) is 0 Å². The fraction of sp³-hybridized carbons (Fsp3) is 0.286. The van der Waals surface area contributed by atoms with E-state index in [-0.39, 0.29) is 0 Å². The second-order valence-electron chi connectivity index (χ2n) is 2.79. The molecule has 0 aliphatic rings. The van der Waals surface area contributed by atoms with E-state index in [0.29, 0.717) is 6.54 Å². The first-order valence-electron chi connectivity index (χ1n) is 5.13. The Morgan fingerprint density at radius 1 is 1.20 bits per heavy atom. The predicted octanol–water partition coefficient (Wildman–Crippen LogP) is 3.77. The molecule has 1 heteroatoms. The van der Waals surface area contributed by atoms with Crippen LogP contribution in [0, 0.1) is 0 Å². The van der Waals surface area contributed by atoms with E-state index in [1.165, 1.54) is 0 Å². The molecule has 0 fully saturated rings. The van der Waals surface area contributed by atoms with Crippen LogP contribution < -0.4 is 5.73 Å². The lowest BCUT2D eigenvalue weighted by molar-refractivity contribution is 1.19. The van der Waals surface area contributed by atoms with Gasteiger partial charge < -0.3 is 5.73 Å². The molecule has 0 aromatic carbocycles. The number of allylic oxidation sites excluding steroid dienone is 6. The third kappa shape index (κ3) is 15.4. The van der Waals surface area contributed by atoms with Gasteiger partial charge in [-0.15, -0.1) is 6.58 Å². The summed E-state index contributed by atoms with van der Waals surface area (Å²) < 4.78 is 0. The van der Waals surface area contributed by atoms with Crippen molar-refractivity contribution in [3.63, 3.8) is 0 Å². The highest BCUT2D eigenvalue weighted by Gasteiger charge is 1.80. The Balaban J connectivity index is 0. The molecule has 0 unspecified atom stereocenters. The van der Waals surface area contributed by atoms with Crippen LogP contribution in [-0.4, -0.2) is 6.54 Å². The minimum absolute atomic E-state index is 0.553. The lowest BCUT2D eigenvalue weighted by Crippen LogP contribution is -1.99. The van der Waals surface area contributed by atoms with Gasteiger partial charge in [0.1, 0.15) is 0 Å². The minimum Gasteiger partial charge on any atom is -0.326 e. The van der Waals surface area contributed by atoms with Crippen molar-refractivity contribution in [1.29, 1.82) is 0 Å². The minimum atomic E-state index is 0.553. The van der Waals surface area contributed by atoms with E-state index >= 15 is 0 Å². The van der Waals surface area contributed by atoms with Crippen molar-refractivity contribution < 1.29 is 0 Å². The van der Waals surface area contributed by atoms with Crippen molar-refractivity contribution in [2.75, 3.05) is 6.54 Å². The molecule has 0 aromatic rings. The van der Waals surface area contributed by atoms with Crippen molar-refractivity contribution in [3.05, 3.63) is 61.3 Å². The SMILES string of the molecule is C=C/C(=C\C=C\C/C=C/C)CN.C=CC. The highest BCUT2D eigenvalue weighted by Crippen LogP contribution is 1.94. The summed E-state index contributed by atoms with van der Waals surface area (Å²) in [5, 5.41) is 0. The molecule has 0 radical (unpaired) electrons. The van der Waals surface area contributed by atoms with Gasteiger partial charge in [0.2, 0.25) is 0 Å². The molecule has 0 aromatic heterocycles. The van der Waals surface area contributed by atoms with Crippen LogP contribution >= 0.6 is 0 Å². The Kier molecular flexibility index (Phi) is 16.3. The molecule has 2 N–H and O–H groups in total. The molecule has 0 aliphatic heterocycles. The summed E-state index contributed by atoms with van der Waals surface area (Å²) in [5.41, 5.74) is 6.50. The Bertz CT molecular complexity index is 232. The van der Waals surface area contributed by atoms with E-state index in [4.69, 9.17) is 5.73 Å². The Hall–Kier alpha value is -1.34. The molecule has 0 rings (SSSR count). The van der Waals surface area contributed by atoms with Gasteiger partial charge >= 0.3 is 0 Å². The molecular formula is C14H23N. The van der Waals surface area contributed by atoms with E-state index in [2.05, 4.69) is 25.3 Å². The topological polar surface area (TPSA) is 26.0 Å². The molecule has 15 heavy (non-hydrogen) atoms. The highest BCUT2D eigenvalue weighted by molar-refractivity contribution is 5.23. The van der Waals surface area contributed by atoms with Gasteiger partial charge in [0.05, 0.1) is 0 Å². The molecule has 84 valence electrons. The smallest absolute Gasteiger partial charge is 0.0177 e. The summed E-state index contributed by atoms with van der Waals surface area (Å²) >= 11 is 0. The number of rotatable bonds is 5. The maximum atomic E-state index is 5.44. The zero-order chi connectivity index (χ0) is 11.9. The Morgan fingerprint density at radius 3 is 2.20 bits per heavy atom. The van der Waals surface area contributed by atoms with Crippen molar-refractivity contribution in [3.8, 4) is 0 Å². The number of hydrogen-bond acceptors (Lipinski definition) is 1. The van der Waals surface area contributed by atoms with Crippen LogP contribution in [0.2, 0.25) is 0 Å². The first-order chi connectivity index (χ1) is 7.26. The summed E-state index contributed by atoms with van der Waals surface area (Å²) in [6, 6.07) is 0.